The van der Waals surface area contributed by atoms with E-state index in [-0.39, 0.29) is 0 Å². The van der Waals surface area contributed by atoms with Gasteiger partial charge >= 0.3 is 0 Å². The fourth-order valence-electron chi connectivity index (χ4n) is 2.05. The summed E-state index contributed by atoms with van der Waals surface area (Å²) in [4.78, 5) is 2.10. The number of halogens is 1. The van der Waals surface area contributed by atoms with Crippen LogP contribution < -0.4 is 0 Å². The lowest BCUT2D eigenvalue weighted by Crippen LogP contribution is -2.39. The van der Waals surface area contributed by atoms with Crippen LogP contribution in [-0.2, 0) is 0 Å². The normalized spacial score (nSPS) is 30.6. The Bertz CT molecular complexity index is 174. The summed E-state index contributed by atoms with van der Waals surface area (Å²) in [6.45, 7) is 8.39. The Morgan fingerprint density at radius 1 is 1.36 bits per heavy atom. The van der Waals surface area contributed by atoms with Crippen molar-refractivity contribution in [1.29, 1.82) is 0 Å². The highest BCUT2D eigenvalue weighted by atomic mass is 19.1. The molecule has 0 radical (unpaired) electrons. The van der Waals surface area contributed by atoms with Gasteiger partial charge in [0.15, 0.2) is 0 Å². The molecule has 0 amide bonds. The van der Waals surface area contributed by atoms with Gasteiger partial charge in [-0.05, 0) is 44.2 Å². The summed E-state index contributed by atoms with van der Waals surface area (Å²) in [5.41, 5.74) is 0.350. The van der Waals surface area contributed by atoms with Gasteiger partial charge in [0.1, 0.15) is 6.17 Å². The second-order valence-electron chi connectivity index (χ2n) is 5.93. The number of hydrogen-bond donors (Lipinski definition) is 0. The number of alkyl halides is 1. The SMILES string of the molecule is CN1CCC(CCC(C)(C)C)[C@@H](F)C1. The van der Waals surface area contributed by atoms with Gasteiger partial charge in [-0.15, -0.1) is 0 Å². The van der Waals surface area contributed by atoms with Crippen molar-refractivity contribution in [3.05, 3.63) is 0 Å². The van der Waals surface area contributed by atoms with Crippen LogP contribution in [0.1, 0.15) is 40.0 Å². The van der Waals surface area contributed by atoms with Gasteiger partial charge in [-0.3, -0.25) is 0 Å². The molecule has 1 nitrogen and oxygen atoms in total. The van der Waals surface area contributed by atoms with Crippen LogP contribution in [0.5, 0.6) is 0 Å². The lowest BCUT2D eigenvalue weighted by atomic mass is 9.83. The molecule has 0 aromatic rings. The summed E-state index contributed by atoms with van der Waals surface area (Å²) in [6.07, 6.45) is 2.63. The number of likely N-dealkylation sites (tertiary alicyclic amines) is 1. The van der Waals surface area contributed by atoms with Crippen LogP contribution in [-0.4, -0.2) is 31.2 Å². The lowest BCUT2D eigenvalue weighted by Gasteiger charge is -2.33. The van der Waals surface area contributed by atoms with Crippen molar-refractivity contribution in [2.24, 2.45) is 11.3 Å². The zero-order valence-electron chi connectivity index (χ0n) is 10.0. The Morgan fingerprint density at radius 3 is 2.50 bits per heavy atom. The largest absolute Gasteiger partial charge is 0.303 e. The molecule has 14 heavy (non-hydrogen) atoms. The molecule has 0 spiro atoms. The van der Waals surface area contributed by atoms with Crippen molar-refractivity contribution in [3.8, 4) is 0 Å². The zero-order valence-corrected chi connectivity index (χ0v) is 10.0. The first-order valence-corrected chi connectivity index (χ1v) is 5.71. The maximum Gasteiger partial charge on any atom is 0.116 e. The molecule has 0 aromatic heterocycles. The van der Waals surface area contributed by atoms with Crippen molar-refractivity contribution in [2.75, 3.05) is 20.1 Å². The maximum atomic E-state index is 13.6. The first-order valence-electron chi connectivity index (χ1n) is 5.71. The molecule has 0 aromatic carbocycles. The fourth-order valence-corrected chi connectivity index (χ4v) is 2.05. The van der Waals surface area contributed by atoms with Gasteiger partial charge in [0.25, 0.3) is 0 Å². The van der Waals surface area contributed by atoms with Gasteiger partial charge in [0.05, 0.1) is 0 Å². The molecule has 0 aliphatic carbocycles. The predicted molar refractivity (Wildman–Crippen MR) is 59.2 cm³/mol. The van der Waals surface area contributed by atoms with E-state index in [1.165, 1.54) is 0 Å². The first kappa shape index (κ1) is 12.0. The van der Waals surface area contributed by atoms with Crippen LogP contribution in [0.15, 0.2) is 0 Å². The van der Waals surface area contributed by atoms with Crippen LogP contribution in [0.3, 0.4) is 0 Å². The molecule has 0 N–H and O–H groups in total. The first-order chi connectivity index (χ1) is 6.38. The summed E-state index contributed by atoms with van der Waals surface area (Å²) in [5.74, 6) is 0.311. The highest BCUT2D eigenvalue weighted by molar-refractivity contribution is 4.80. The molecular weight excluding hydrogens is 177 g/mol. The van der Waals surface area contributed by atoms with E-state index < -0.39 is 6.17 Å². The van der Waals surface area contributed by atoms with Crippen molar-refractivity contribution >= 4 is 0 Å². The van der Waals surface area contributed by atoms with Crippen LogP contribution in [0.2, 0.25) is 0 Å². The van der Waals surface area contributed by atoms with E-state index in [0.29, 0.717) is 17.9 Å². The fraction of sp³-hybridized carbons (Fsp3) is 1.00. The Labute approximate surface area is 87.7 Å². The molecule has 1 heterocycles. The molecule has 1 fully saturated rings. The highest BCUT2D eigenvalue weighted by Crippen LogP contribution is 2.29. The van der Waals surface area contributed by atoms with Gasteiger partial charge in [0.2, 0.25) is 0 Å². The second kappa shape index (κ2) is 4.61. The molecule has 1 rings (SSSR count). The summed E-state index contributed by atoms with van der Waals surface area (Å²) < 4.78 is 13.6. The average molecular weight is 201 g/mol. The van der Waals surface area contributed by atoms with Crippen LogP contribution >= 0.6 is 0 Å². The molecule has 1 unspecified atom stereocenters. The van der Waals surface area contributed by atoms with E-state index in [1.54, 1.807) is 0 Å². The average Bonchev–Trinajstić information content (AvgIpc) is 2.00. The van der Waals surface area contributed by atoms with Gasteiger partial charge in [0, 0.05) is 6.54 Å². The number of hydrogen-bond acceptors (Lipinski definition) is 1. The molecule has 1 aliphatic heterocycles. The Morgan fingerprint density at radius 2 is 2.00 bits per heavy atom. The van der Waals surface area contributed by atoms with Crippen LogP contribution in [0.25, 0.3) is 0 Å². The number of nitrogens with zero attached hydrogens (tertiary/aromatic N) is 1. The molecule has 2 atom stereocenters. The number of rotatable bonds is 2. The summed E-state index contributed by atoms with van der Waals surface area (Å²) in [7, 11) is 2.01. The van der Waals surface area contributed by atoms with Crippen molar-refractivity contribution in [3.63, 3.8) is 0 Å². The third kappa shape index (κ3) is 3.95. The Balaban J connectivity index is 2.31. The smallest absolute Gasteiger partial charge is 0.116 e. The topological polar surface area (TPSA) is 3.24 Å². The van der Waals surface area contributed by atoms with Crippen LogP contribution in [0.4, 0.5) is 4.39 Å². The van der Waals surface area contributed by atoms with E-state index in [4.69, 9.17) is 0 Å². The Hall–Kier alpha value is -0.110. The van der Waals surface area contributed by atoms with E-state index in [0.717, 1.165) is 25.8 Å². The molecule has 0 saturated carbocycles. The van der Waals surface area contributed by atoms with E-state index in [1.807, 2.05) is 7.05 Å². The quantitative estimate of drug-likeness (QED) is 0.663. The van der Waals surface area contributed by atoms with E-state index >= 15 is 0 Å². The van der Waals surface area contributed by atoms with E-state index in [2.05, 4.69) is 25.7 Å². The third-order valence-electron chi connectivity index (χ3n) is 3.14. The molecule has 1 saturated heterocycles. The predicted octanol–water partition coefficient (Wildman–Crippen LogP) is 3.10. The van der Waals surface area contributed by atoms with Gasteiger partial charge in [-0.25, -0.2) is 4.39 Å². The monoisotopic (exact) mass is 201 g/mol. The van der Waals surface area contributed by atoms with Crippen molar-refractivity contribution in [2.45, 2.75) is 46.2 Å². The zero-order chi connectivity index (χ0) is 10.8. The lowest BCUT2D eigenvalue weighted by molar-refractivity contribution is 0.0895. The minimum atomic E-state index is -0.601. The van der Waals surface area contributed by atoms with Gasteiger partial charge in [-0.1, -0.05) is 20.8 Å². The van der Waals surface area contributed by atoms with Crippen molar-refractivity contribution in [1.82, 2.24) is 4.90 Å². The summed E-state index contributed by atoms with van der Waals surface area (Å²) in [5, 5.41) is 0. The van der Waals surface area contributed by atoms with E-state index in [9.17, 15) is 4.39 Å². The van der Waals surface area contributed by atoms with Crippen molar-refractivity contribution < 1.29 is 4.39 Å². The van der Waals surface area contributed by atoms with Gasteiger partial charge < -0.3 is 4.90 Å². The minimum absolute atomic E-state index is 0.311. The molecule has 2 heteroatoms. The highest BCUT2D eigenvalue weighted by Gasteiger charge is 2.28. The minimum Gasteiger partial charge on any atom is -0.303 e. The standard InChI is InChI=1S/C12H24FN/c1-12(2,3)7-5-10-6-8-14(4)9-11(10)13/h10-11H,5-9H2,1-4H3/t10?,11-/m0/s1. The maximum absolute atomic E-state index is 13.6. The molecule has 84 valence electrons. The third-order valence-corrected chi connectivity index (χ3v) is 3.14. The van der Waals surface area contributed by atoms with Gasteiger partial charge in [-0.2, -0.15) is 0 Å². The second-order valence-corrected chi connectivity index (χ2v) is 5.93. The molecular formula is C12H24FN. The number of piperidine rings is 1. The summed E-state index contributed by atoms with van der Waals surface area (Å²) >= 11 is 0. The molecule has 0 bridgehead atoms. The molecule has 1 aliphatic rings. The van der Waals surface area contributed by atoms with Crippen LogP contribution in [0, 0.1) is 11.3 Å². The Kier molecular flexibility index (Phi) is 3.94. The summed E-state index contributed by atoms with van der Waals surface area (Å²) in [6, 6.07) is 0.